The monoisotopic (exact) mass is 370 g/mol. The summed E-state index contributed by atoms with van der Waals surface area (Å²) in [5, 5.41) is 3.21. The molecule has 0 fully saturated rings. The van der Waals surface area contributed by atoms with Gasteiger partial charge in [-0.05, 0) is 22.8 Å². The minimum Gasteiger partial charge on any atom is -0.380 e. The maximum Gasteiger partial charge on any atom is 0.245 e. The van der Waals surface area contributed by atoms with Gasteiger partial charge in [0.25, 0.3) is 0 Å². The van der Waals surface area contributed by atoms with Crippen LogP contribution in [-0.4, -0.2) is 39.0 Å². The third kappa shape index (κ3) is 3.05. The number of nitrogens with one attached hydrogen (secondary N) is 1. The van der Waals surface area contributed by atoms with Gasteiger partial charge < -0.3 is 10.1 Å². The van der Waals surface area contributed by atoms with E-state index in [-0.39, 0.29) is 6.10 Å². The zero-order valence-electron chi connectivity index (χ0n) is 14.7. The van der Waals surface area contributed by atoms with Crippen LogP contribution in [-0.2, 0) is 27.7 Å². The molecule has 2 aliphatic heterocycles. The number of para-hydroxylation sites is 1. The number of benzene rings is 2. The van der Waals surface area contributed by atoms with Crippen LogP contribution < -0.4 is 5.32 Å². The summed E-state index contributed by atoms with van der Waals surface area (Å²) in [6.45, 7) is 1.33. The third-order valence-corrected chi connectivity index (χ3v) is 6.88. The zero-order chi connectivity index (χ0) is 18.1. The molecule has 2 aromatic carbocycles. The molecule has 26 heavy (non-hydrogen) atoms. The summed E-state index contributed by atoms with van der Waals surface area (Å²) in [4.78, 5) is 0.327. The first-order valence-electron chi connectivity index (χ1n) is 8.73. The fraction of sp³-hybridized carbons (Fsp3) is 0.300. The van der Waals surface area contributed by atoms with Gasteiger partial charge in [-0.3, -0.25) is 0 Å². The first kappa shape index (κ1) is 17.3. The smallest absolute Gasteiger partial charge is 0.245 e. The Kier molecular flexibility index (Phi) is 4.56. The molecule has 1 N–H and O–H groups in total. The van der Waals surface area contributed by atoms with Crippen LogP contribution in [0.4, 0.5) is 5.69 Å². The van der Waals surface area contributed by atoms with Crippen LogP contribution in [0.2, 0.25) is 0 Å². The van der Waals surface area contributed by atoms with E-state index in [0.717, 1.165) is 16.7 Å². The van der Waals surface area contributed by atoms with Crippen molar-refractivity contribution < 1.29 is 13.2 Å². The van der Waals surface area contributed by atoms with E-state index in [1.807, 2.05) is 42.5 Å². The van der Waals surface area contributed by atoms with Crippen LogP contribution in [0.5, 0.6) is 0 Å². The summed E-state index contributed by atoms with van der Waals surface area (Å²) < 4.78 is 34.1. The lowest BCUT2D eigenvalue weighted by Crippen LogP contribution is -2.37. The lowest BCUT2D eigenvalue weighted by molar-refractivity contribution is 0.0878. The highest BCUT2D eigenvalue weighted by Crippen LogP contribution is 2.33. The van der Waals surface area contributed by atoms with Crippen LogP contribution in [0.25, 0.3) is 6.08 Å². The van der Waals surface area contributed by atoms with Crippen molar-refractivity contribution in [3.05, 3.63) is 65.2 Å². The Hall–Kier alpha value is -2.15. The second-order valence-corrected chi connectivity index (χ2v) is 8.54. The van der Waals surface area contributed by atoms with Crippen molar-refractivity contribution in [2.24, 2.45) is 0 Å². The Balaban J connectivity index is 1.77. The number of rotatable bonds is 3. The normalized spacial score (nSPS) is 20.0. The number of nitrogens with zero attached hydrogens (tertiary/aromatic N) is 1. The molecule has 5 nitrogen and oxygen atoms in total. The maximum atomic E-state index is 13.5. The molecule has 0 amide bonds. The number of hydrogen-bond donors (Lipinski definition) is 1. The highest BCUT2D eigenvalue weighted by molar-refractivity contribution is 7.89. The first-order valence-corrected chi connectivity index (χ1v) is 10.2. The van der Waals surface area contributed by atoms with E-state index in [9.17, 15) is 8.42 Å². The van der Waals surface area contributed by atoms with E-state index in [2.05, 4.69) is 5.32 Å². The number of anilines is 1. The van der Waals surface area contributed by atoms with Gasteiger partial charge in [0.2, 0.25) is 10.0 Å². The second kappa shape index (κ2) is 6.87. The van der Waals surface area contributed by atoms with Gasteiger partial charge in [0.1, 0.15) is 4.90 Å². The van der Waals surface area contributed by atoms with Crippen molar-refractivity contribution >= 4 is 21.8 Å². The van der Waals surface area contributed by atoms with E-state index < -0.39 is 10.0 Å². The summed E-state index contributed by atoms with van der Waals surface area (Å²) in [5.41, 5.74) is 3.76. The van der Waals surface area contributed by atoms with Crippen LogP contribution >= 0.6 is 0 Å². The van der Waals surface area contributed by atoms with Crippen molar-refractivity contribution in [2.75, 3.05) is 25.5 Å². The van der Waals surface area contributed by atoms with Crippen LogP contribution in [0.15, 0.2) is 53.4 Å². The SMILES string of the molecule is COC1Cc2ccccc2CN(S(=O)(=O)c2cccc3c2NCC=C3)C1. The largest absolute Gasteiger partial charge is 0.380 e. The van der Waals surface area contributed by atoms with Crippen molar-refractivity contribution in [1.82, 2.24) is 4.31 Å². The molecule has 2 heterocycles. The molecule has 2 aliphatic rings. The van der Waals surface area contributed by atoms with Gasteiger partial charge in [-0.15, -0.1) is 0 Å². The average molecular weight is 370 g/mol. The Labute approximate surface area is 154 Å². The third-order valence-electron chi connectivity index (χ3n) is 5.02. The van der Waals surface area contributed by atoms with Crippen LogP contribution in [0, 0.1) is 0 Å². The van der Waals surface area contributed by atoms with Gasteiger partial charge in [0.05, 0.1) is 11.8 Å². The quantitative estimate of drug-likeness (QED) is 0.903. The summed E-state index contributed by atoms with van der Waals surface area (Å²) in [6, 6.07) is 13.4. The molecule has 2 aromatic rings. The lowest BCUT2D eigenvalue weighted by Gasteiger charge is -2.26. The molecule has 1 atom stereocenters. The topological polar surface area (TPSA) is 58.6 Å². The highest BCUT2D eigenvalue weighted by atomic mass is 32.2. The van der Waals surface area contributed by atoms with Gasteiger partial charge in [-0.25, -0.2) is 8.42 Å². The first-order chi connectivity index (χ1) is 12.6. The number of methoxy groups -OCH3 is 1. The minimum absolute atomic E-state index is 0.166. The molecule has 0 radical (unpaired) electrons. The van der Waals surface area contributed by atoms with E-state index in [4.69, 9.17) is 4.74 Å². The molecular weight excluding hydrogens is 348 g/mol. The standard InChI is InChI=1S/C20H22N2O3S/c1-25-18-12-16-6-2-3-7-17(16)13-22(14-18)26(23,24)19-10-4-8-15-9-5-11-21-20(15)19/h2-10,18,21H,11-14H2,1H3. The molecule has 0 aliphatic carbocycles. The molecule has 0 bridgehead atoms. The van der Waals surface area contributed by atoms with Gasteiger partial charge >= 0.3 is 0 Å². The summed E-state index contributed by atoms with van der Waals surface area (Å²) in [5.74, 6) is 0. The van der Waals surface area contributed by atoms with E-state index >= 15 is 0 Å². The van der Waals surface area contributed by atoms with E-state index in [1.54, 1.807) is 23.5 Å². The Morgan fingerprint density at radius 1 is 1.12 bits per heavy atom. The van der Waals surface area contributed by atoms with Gasteiger partial charge in [-0.1, -0.05) is 48.6 Å². The molecule has 4 rings (SSSR count). The zero-order valence-corrected chi connectivity index (χ0v) is 15.5. The molecule has 0 spiro atoms. The predicted molar refractivity (Wildman–Crippen MR) is 103 cm³/mol. The summed E-state index contributed by atoms with van der Waals surface area (Å²) in [6.07, 6.45) is 4.50. The van der Waals surface area contributed by atoms with E-state index in [0.29, 0.717) is 36.6 Å². The Morgan fingerprint density at radius 3 is 2.73 bits per heavy atom. The molecule has 1 unspecified atom stereocenters. The predicted octanol–water partition coefficient (Wildman–Crippen LogP) is 2.89. The van der Waals surface area contributed by atoms with E-state index in [1.165, 1.54) is 0 Å². The Morgan fingerprint density at radius 2 is 1.92 bits per heavy atom. The van der Waals surface area contributed by atoms with Gasteiger partial charge in [0, 0.05) is 33.2 Å². The molecular formula is C20H22N2O3S. The average Bonchev–Trinajstić information content (AvgIpc) is 2.87. The summed E-state index contributed by atoms with van der Waals surface area (Å²) >= 11 is 0. The molecule has 0 saturated carbocycles. The Bertz CT molecular complexity index is 953. The van der Waals surface area contributed by atoms with Crippen molar-refractivity contribution in [3.63, 3.8) is 0 Å². The maximum absolute atomic E-state index is 13.5. The fourth-order valence-electron chi connectivity index (χ4n) is 3.62. The molecule has 6 heteroatoms. The van der Waals surface area contributed by atoms with Crippen LogP contribution in [0.1, 0.15) is 16.7 Å². The minimum atomic E-state index is -3.66. The van der Waals surface area contributed by atoms with Crippen molar-refractivity contribution in [1.29, 1.82) is 0 Å². The van der Waals surface area contributed by atoms with Gasteiger partial charge in [0.15, 0.2) is 0 Å². The number of hydrogen-bond acceptors (Lipinski definition) is 4. The van der Waals surface area contributed by atoms with Crippen LogP contribution in [0.3, 0.4) is 0 Å². The number of fused-ring (bicyclic) bond motifs is 2. The van der Waals surface area contributed by atoms with Crippen molar-refractivity contribution in [2.45, 2.75) is 24.0 Å². The second-order valence-electron chi connectivity index (χ2n) is 6.63. The fourth-order valence-corrected chi connectivity index (χ4v) is 5.27. The summed E-state index contributed by atoms with van der Waals surface area (Å²) in [7, 11) is -2.02. The van der Waals surface area contributed by atoms with Crippen molar-refractivity contribution in [3.8, 4) is 0 Å². The molecule has 136 valence electrons. The lowest BCUT2D eigenvalue weighted by atomic mass is 10.0. The number of sulfonamides is 1. The molecule has 0 saturated heterocycles. The molecule has 0 aromatic heterocycles. The van der Waals surface area contributed by atoms with Gasteiger partial charge in [-0.2, -0.15) is 4.31 Å². The number of ether oxygens (including phenoxy) is 1. The highest BCUT2D eigenvalue weighted by Gasteiger charge is 2.33.